The highest BCUT2D eigenvalue weighted by molar-refractivity contribution is 5.92. The summed E-state index contributed by atoms with van der Waals surface area (Å²) in [5.74, 6) is 0.571. The molecular weight excluding hydrogens is 336 g/mol. The van der Waals surface area contributed by atoms with E-state index in [9.17, 15) is 9.59 Å². The van der Waals surface area contributed by atoms with Crippen LogP contribution in [0.3, 0.4) is 0 Å². The third kappa shape index (κ3) is 6.85. The smallest absolute Gasteiger partial charge is 0.307 e. The molecule has 0 unspecified atom stereocenters. The Morgan fingerprint density at radius 2 is 2.00 bits per heavy atom. The van der Waals surface area contributed by atoms with Gasteiger partial charge in [0, 0.05) is 24.7 Å². The molecule has 0 bridgehead atoms. The molecule has 0 saturated carbocycles. The molecule has 0 radical (unpaired) electrons. The molecule has 1 aromatic carbocycles. The molecule has 0 aliphatic heterocycles. The van der Waals surface area contributed by atoms with Crippen LogP contribution < -0.4 is 9.47 Å². The van der Waals surface area contributed by atoms with E-state index < -0.39 is 0 Å². The van der Waals surface area contributed by atoms with Gasteiger partial charge in [-0.15, -0.1) is 0 Å². The molecule has 7 heteroatoms. The topological polar surface area (TPSA) is 88.9 Å². The SMILES string of the molecule is CCOC(=O)CCN(CCC#N)C(=O)/C=C/c1cc(OC)ccc1OC. The zero-order chi connectivity index (χ0) is 19.4. The fourth-order valence-electron chi connectivity index (χ4n) is 2.21. The number of benzene rings is 1. The first-order chi connectivity index (χ1) is 12.5. The Bertz CT molecular complexity index is 679. The van der Waals surface area contributed by atoms with Gasteiger partial charge in [0.1, 0.15) is 11.5 Å². The molecule has 1 aromatic rings. The zero-order valence-corrected chi connectivity index (χ0v) is 15.4. The van der Waals surface area contributed by atoms with Gasteiger partial charge >= 0.3 is 5.97 Å². The minimum atomic E-state index is -0.374. The minimum Gasteiger partial charge on any atom is -0.497 e. The van der Waals surface area contributed by atoms with Crippen molar-refractivity contribution in [3.63, 3.8) is 0 Å². The molecule has 0 saturated heterocycles. The second kappa shape index (κ2) is 11.5. The minimum absolute atomic E-state index is 0.0847. The van der Waals surface area contributed by atoms with Crippen LogP contribution in [0.25, 0.3) is 6.08 Å². The van der Waals surface area contributed by atoms with Crippen molar-refractivity contribution in [3.8, 4) is 17.6 Å². The van der Waals surface area contributed by atoms with Crippen molar-refractivity contribution in [1.82, 2.24) is 4.90 Å². The molecule has 0 atom stereocenters. The number of methoxy groups -OCH3 is 2. The Kier molecular flexibility index (Phi) is 9.33. The Labute approximate surface area is 153 Å². The maximum absolute atomic E-state index is 12.5. The number of ether oxygens (including phenoxy) is 3. The lowest BCUT2D eigenvalue weighted by atomic mass is 10.1. The van der Waals surface area contributed by atoms with E-state index in [1.54, 1.807) is 45.4 Å². The molecule has 0 aliphatic carbocycles. The van der Waals surface area contributed by atoms with Crippen LogP contribution in [-0.2, 0) is 14.3 Å². The summed E-state index contributed by atoms with van der Waals surface area (Å²) >= 11 is 0. The van der Waals surface area contributed by atoms with E-state index in [-0.39, 0.29) is 37.8 Å². The zero-order valence-electron chi connectivity index (χ0n) is 15.4. The number of carbonyl (C=O) groups is 2. The summed E-state index contributed by atoms with van der Waals surface area (Å²) in [7, 11) is 3.10. The van der Waals surface area contributed by atoms with Crippen molar-refractivity contribution in [2.45, 2.75) is 19.8 Å². The van der Waals surface area contributed by atoms with Gasteiger partial charge in [0.25, 0.3) is 0 Å². The van der Waals surface area contributed by atoms with Gasteiger partial charge in [-0.2, -0.15) is 5.26 Å². The number of esters is 1. The molecule has 0 aliphatic rings. The van der Waals surface area contributed by atoms with Crippen molar-refractivity contribution < 1.29 is 23.8 Å². The lowest BCUT2D eigenvalue weighted by Gasteiger charge is -2.19. The van der Waals surface area contributed by atoms with Crippen LogP contribution >= 0.6 is 0 Å². The number of carbonyl (C=O) groups excluding carboxylic acids is 2. The molecule has 7 nitrogen and oxygen atoms in total. The Balaban J connectivity index is 2.86. The fourth-order valence-corrected chi connectivity index (χ4v) is 2.21. The second-order valence-electron chi connectivity index (χ2n) is 5.23. The number of amides is 1. The van der Waals surface area contributed by atoms with Gasteiger partial charge in [0.2, 0.25) is 5.91 Å². The van der Waals surface area contributed by atoms with Crippen LogP contribution in [0.15, 0.2) is 24.3 Å². The van der Waals surface area contributed by atoms with Crippen molar-refractivity contribution in [2.75, 3.05) is 33.9 Å². The maximum atomic E-state index is 12.5. The van der Waals surface area contributed by atoms with Gasteiger partial charge in [-0.25, -0.2) is 0 Å². The summed E-state index contributed by atoms with van der Waals surface area (Å²) in [6.07, 6.45) is 3.28. The van der Waals surface area contributed by atoms with E-state index in [0.717, 1.165) is 0 Å². The predicted molar refractivity (Wildman–Crippen MR) is 96.6 cm³/mol. The van der Waals surface area contributed by atoms with Gasteiger partial charge in [-0.3, -0.25) is 9.59 Å². The molecular formula is C19H24N2O5. The van der Waals surface area contributed by atoms with Crippen molar-refractivity contribution >= 4 is 18.0 Å². The van der Waals surface area contributed by atoms with E-state index in [1.807, 2.05) is 6.07 Å². The Hall–Kier alpha value is -3.01. The first kappa shape index (κ1) is 21.0. The molecule has 26 heavy (non-hydrogen) atoms. The van der Waals surface area contributed by atoms with E-state index in [4.69, 9.17) is 19.5 Å². The predicted octanol–water partition coefficient (Wildman–Crippen LogP) is 2.41. The van der Waals surface area contributed by atoms with Gasteiger partial charge in [-0.1, -0.05) is 0 Å². The maximum Gasteiger partial charge on any atom is 0.307 e. The first-order valence-corrected chi connectivity index (χ1v) is 8.27. The van der Waals surface area contributed by atoms with Crippen molar-refractivity contribution in [3.05, 3.63) is 29.8 Å². The van der Waals surface area contributed by atoms with Crippen LogP contribution in [0.5, 0.6) is 11.5 Å². The number of hydrogen-bond acceptors (Lipinski definition) is 6. The number of nitrogens with zero attached hydrogens (tertiary/aromatic N) is 2. The molecule has 0 fully saturated rings. The van der Waals surface area contributed by atoms with Crippen LogP contribution in [0, 0.1) is 11.3 Å². The Morgan fingerprint density at radius 3 is 2.62 bits per heavy atom. The van der Waals surface area contributed by atoms with Gasteiger partial charge < -0.3 is 19.1 Å². The standard InChI is InChI=1S/C19H24N2O5/c1-4-26-19(23)10-13-21(12-5-11-20)18(22)9-6-15-14-16(24-2)7-8-17(15)25-3/h6-9,14H,4-5,10,12-13H2,1-3H3/b9-6+. The summed E-state index contributed by atoms with van der Waals surface area (Å²) in [6.45, 7) is 2.45. The van der Waals surface area contributed by atoms with E-state index in [0.29, 0.717) is 23.7 Å². The van der Waals surface area contributed by atoms with Crippen molar-refractivity contribution in [2.24, 2.45) is 0 Å². The van der Waals surface area contributed by atoms with Crippen LogP contribution in [0.2, 0.25) is 0 Å². The molecule has 0 aromatic heterocycles. The summed E-state index contributed by atoms with van der Waals surface area (Å²) < 4.78 is 15.3. The summed E-state index contributed by atoms with van der Waals surface area (Å²) in [5.41, 5.74) is 0.686. The third-order valence-corrected chi connectivity index (χ3v) is 3.54. The average molecular weight is 360 g/mol. The molecule has 0 N–H and O–H groups in total. The quantitative estimate of drug-likeness (QED) is 0.470. The van der Waals surface area contributed by atoms with Crippen LogP contribution in [0.1, 0.15) is 25.3 Å². The molecule has 140 valence electrons. The number of rotatable bonds is 10. The normalized spacial score (nSPS) is 10.2. The molecule has 0 spiro atoms. The van der Waals surface area contributed by atoms with Gasteiger partial charge in [0.05, 0.1) is 39.7 Å². The highest BCUT2D eigenvalue weighted by atomic mass is 16.5. The highest BCUT2D eigenvalue weighted by Crippen LogP contribution is 2.25. The molecule has 0 heterocycles. The van der Waals surface area contributed by atoms with E-state index in [2.05, 4.69) is 0 Å². The lowest BCUT2D eigenvalue weighted by molar-refractivity contribution is -0.143. The summed E-state index contributed by atoms with van der Waals surface area (Å²) in [6, 6.07) is 7.26. The van der Waals surface area contributed by atoms with Gasteiger partial charge in [0.15, 0.2) is 0 Å². The molecule has 1 amide bonds. The van der Waals surface area contributed by atoms with Crippen LogP contribution in [0.4, 0.5) is 0 Å². The van der Waals surface area contributed by atoms with Crippen LogP contribution in [-0.4, -0.2) is 50.7 Å². The average Bonchev–Trinajstić information content (AvgIpc) is 2.66. The highest BCUT2D eigenvalue weighted by Gasteiger charge is 2.13. The summed E-state index contributed by atoms with van der Waals surface area (Å²) in [5, 5.41) is 8.76. The summed E-state index contributed by atoms with van der Waals surface area (Å²) in [4.78, 5) is 25.4. The third-order valence-electron chi connectivity index (χ3n) is 3.54. The first-order valence-electron chi connectivity index (χ1n) is 8.27. The number of nitriles is 1. The van der Waals surface area contributed by atoms with Crippen molar-refractivity contribution in [1.29, 1.82) is 5.26 Å². The molecule has 1 rings (SSSR count). The van der Waals surface area contributed by atoms with Gasteiger partial charge in [-0.05, 0) is 31.2 Å². The van der Waals surface area contributed by atoms with E-state index >= 15 is 0 Å². The number of hydrogen-bond donors (Lipinski definition) is 0. The fraction of sp³-hybridized carbons (Fsp3) is 0.421. The Morgan fingerprint density at radius 1 is 1.23 bits per heavy atom. The largest absolute Gasteiger partial charge is 0.497 e. The second-order valence-corrected chi connectivity index (χ2v) is 5.23. The monoisotopic (exact) mass is 360 g/mol. The lowest BCUT2D eigenvalue weighted by Crippen LogP contribution is -2.32. The van der Waals surface area contributed by atoms with E-state index in [1.165, 1.54) is 11.0 Å².